The molecule has 1 N–H and O–H groups in total. The first-order valence-electron chi connectivity index (χ1n) is 13.8. The van der Waals surface area contributed by atoms with E-state index in [2.05, 4.69) is 5.32 Å². The van der Waals surface area contributed by atoms with Crippen LogP contribution in [0.4, 0.5) is 19.3 Å². The number of halogens is 2. The summed E-state index contributed by atoms with van der Waals surface area (Å²) in [5, 5.41) is 2.95. The number of nitrogens with one attached hydrogen (secondary N) is 1. The molecule has 1 fully saturated rings. The Morgan fingerprint density at radius 2 is 1.70 bits per heavy atom. The van der Waals surface area contributed by atoms with Crippen molar-refractivity contribution in [3.63, 3.8) is 0 Å². The van der Waals surface area contributed by atoms with Gasteiger partial charge in [0.25, 0.3) is 5.56 Å². The standard InChI is InChI=1S/C29H31F2N5O6S/c1-43(41,42)16-15-36-27(38)22(21-6-4-7-23(30)26(21)31)17-34(29(36)40)18-25(37)33-12-10-20(11-13-33)35-14-9-19-5-2-3-8-24(19)32-28(35)39/h2-8,17,20H,9-16,18H2,1H3,(H,32,39). The van der Waals surface area contributed by atoms with Gasteiger partial charge in [0.1, 0.15) is 16.4 Å². The summed E-state index contributed by atoms with van der Waals surface area (Å²) in [6.07, 6.45) is 3.66. The average molecular weight is 616 g/mol. The van der Waals surface area contributed by atoms with Gasteiger partial charge in [0.05, 0.1) is 11.3 Å². The van der Waals surface area contributed by atoms with Crippen molar-refractivity contribution in [3.8, 4) is 11.1 Å². The molecule has 0 saturated carbocycles. The van der Waals surface area contributed by atoms with E-state index in [1.54, 1.807) is 9.80 Å². The van der Waals surface area contributed by atoms with Gasteiger partial charge >= 0.3 is 11.7 Å². The second-order valence-electron chi connectivity index (χ2n) is 10.8. The number of anilines is 1. The minimum absolute atomic E-state index is 0.0958. The molecule has 3 heterocycles. The third kappa shape index (κ3) is 6.53. The molecule has 14 heteroatoms. The van der Waals surface area contributed by atoms with Crippen molar-refractivity contribution in [1.29, 1.82) is 0 Å². The molecule has 0 bridgehead atoms. The Morgan fingerprint density at radius 3 is 2.42 bits per heavy atom. The molecule has 1 aromatic heterocycles. The summed E-state index contributed by atoms with van der Waals surface area (Å²) >= 11 is 0. The highest BCUT2D eigenvalue weighted by Crippen LogP contribution is 2.25. The zero-order valence-corrected chi connectivity index (χ0v) is 24.3. The van der Waals surface area contributed by atoms with E-state index in [9.17, 15) is 36.4 Å². The number of carbonyl (C=O) groups is 2. The van der Waals surface area contributed by atoms with Crippen LogP contribution in [-0.4, -0.2) is 77.0 Å². The molecule has 228 valence electrons. The van der Waals surface area contributed by atoms with Crippen molar-refractivity contribution < 1.29 is 26.8 Å². The lowest BCUT2D eigenvalue weighted by Crippen LogP contribution is -2.51. The molecule has 2 aliphatic heterocycles. The van der Waals surface area contributed by atoms with Gasteiger partial charge in [-0.05, 0) is 37.0 Å². The number of hydrogen-bond acceptors (Lipinski definition) is 6. The number of urea groups is 1. The van der Waals surface area contributed by atoms with Gasteiger partial charge in [-0.1, -0.05) is 30.3 Å². The Hall–Kier alpha value is -4.33. The molecule has 3 aromatic rings. The number of likely N-dealkylation sites (tertiary alicyclic amines) is 1. The van der Waals surface area contributed by atoms with Crippen molar-refractivity contribution >= 4 is 27.5 Å². The van der Waals surface area contributed by atoms with E-state index >= 15 is 0 Å². The summed E-state index contributed by atoms with van der Waals surface area (Å²) in [6.45, 7) is 0.127. The molecule has 43 heavy (non-hydrogen) atoms. The van der Waals surface area contributed by atoms with Crippen LogP contribution in [0.1, 0.15) is 18.4 Å². The summed E-state index contributed by atoms with van der Waals surface area (Å²) in [7, 11) is -3.59. The second-order valence-corrected chi connectivity index (χ2v) is 13.0. The first-order chi connectivity index (χ1) is 20.4. The van der Waals surface area contributed by atoms with Gasteiger partial charge in [0.15, 0.2) is 11.6 Å². The number of benzene rings is 2. The lowest BCUT2D eigenvalue weighted by atomic mass is 10.0. The van der Waals surface area contributed by atoms with Crippen molar-refractivity contribution in [1.82, 2.24) is 18.9 Å². The van der Waals surface area contributed by atoms with Gasteiger partial charge in [-0.15, -0.1) is 0 Å². The monoisotopic (exact) mass is 615 g/mol. The molecule has 3 amide bonds. The van der Waals surface area contributed by atoms with E-state index in [4.69, 9.17) is 0 Å². The lowest BCUT2D eigenvalue weighted by Gasteiger charge is -2.38. The Balaban J connectivity index is 1.34. The predicted octanol–water partition coefficient (Wildman–Crippen LogP) is 2.08. The lowest BCUT2D eigenvalue weighted by molar-refractivity contribution is -0.133. The van der Waals surface area contributed by atoms with E-state index < -0.39 is 63.0 Å². The molecular formula is C29H31F2N5O6S. The minimum atomic E-state index is -3.59. The quantitative estimate of drug-likeness (QED) is 0.433. The smallest absolute Gasteiger partial charge is 0.331 e. The molecule has 0 radical (unpaired) electrons. The highest BCUT2D eigenvalue weighted by Gasteiger charge is 2.31. The summed E-state index contributed by atoms with van der Waals surface area (Å²) in [5.74, 6) is -3.52. The normalized spacial score (nSPS) is 16.0. The topological polar surface area (TPSA) is 131 Å². The molecule has 11 nitrogen and oxygen atoms in total. The van der Waals surface area contributed by atoms with Crippen molar-refractivity contribution in [2.24, 2.45) is 0 Å². The van der Waals surface area contributed by atoms with Gasteiger partial charge in [0, 0.05) is 55.9 Å². The van der Waals surface area contributed by atoms with Gasteiger partial charge in [-0.25, -0.2) is 26.8 Å². The molecule has 1 saturated heterocycles. The number of amides is 3. The number of carbonyl (C=O) groups excluding carboxylic acids is 2. The van der Waals surface area contributed by atoms with E-state index in [1.807, 2.05) is 24.3 Å². The number of aromatic nitrogens is 2. The van der Waals surface area contributed by atoms with Crippen LogP contribution < -0.4 is 16.6 Å². The van der Waals surface area contributed by atoms with Gasteiger partial charge in [-0.3, -0.25) is 18.7 Å². The zero-order valence-electron chi connectivity index (χ0n) is 23.5. The maximum Gasteiger partial charge on any atom is 0.331 e. The number of rotatable bonds is 7. The Bertz CT molecular complexity index is 1800. The van der Waals surface area contributed by atoms with Crippen LogP contribution >= 0.6 is 0 Å². The van der Waals surface area contributed by atoms with Crippen molar-refractivity contribution in [2.45, 2.75) is 38.4 Å². The summed E-state index contributed by atoms with van der Waals surface area (Å²) in [4.78, 5) is 55.9. The molecule has 0 spiro atoms. The Labute approximate surface area is 246 Å². The van der Waals surface area contributed by atoms with Crippen molar-refractivity contribution in [3.05, 3.63) is 86.7 Å². The van der Waals surface area contributed by atoms with Crippen LogP contribution in [0.3, 0.4) is 0 Å². The fraction of sp³-hybridized carbons (Fsp3) is 0.379. The summed E-state index contributed by atoms with van der Waals surface area (Å²) in [6, 6.07) is 10.6. The van der Waals surface area contributed by atoms with Gasteiger partial charge in [-0.2, -0.15) is 0 Å². The molecule has 5 rings (SSSR count). The van der Waals surface area contributed by atoms with Gasteiger partial charge in [0.2, 0.25) is 5.91 Å². The minimum Gasteiger partial charge on any atom is -0.341 e. The molecule has 0 atom stereocenters. The molecule has 2 aromatic carbocycles. The largest absolute Gasteiger partial charge is 0.341 e. The molecule has 0 unspecified atom stereocenters. The fourth-order valence-electron chi connectivity index (χ4n) is 5.53. The Morgan fingerprint density at radius 1 is 0.977 bits per heavy atom. The fourth-order valence-corrected chi connectivity index (χ4v) is 6.04. The van der Waals surface area contributed by atoms with Crippen LogP contribution in [-0.2, 0) is 34.1 Å². The number of piperidine rings is 1. The van der Waals surface area contributed by atoms with E-state index in [1.165, 1.54) is 6.07 Å². The number of hydrogen-bond donors (Lipinski definition) is 1. The molecular weight excluding hydrogens is 584 g/mol. The number of fused-ring (bicyclic) bond motifs is 1. The van der Waals surface area contributed by atoms with Crippen LogP contribution in [0.5, 0.6) is 0 Å². The molecule has 2 aliphatic rings. The first-order valence-corrected chi connectivity index (χ1v) is 15.9. The predicted molar refractivity (Wildman–Crippen MR) is 155 cm³/mol. The van der Waals surface area contributed by atoms with Gasteiger partial charge < -0.3 is 15.1 Å². The third-order valence-corrected chi connectivity index (χ3v) is 8.79. The van der Waals surface area contributed by atoms with E-state index in [-0.39, 0.29) is 17.6 Å². The molecule has 0 aliphatic carbocycles. The van der Waals surface area contributed by atoms with Crippen LogP contribution in [0.15, 0.2) is 58.3 Å². The number of para-hydroxylation sites is 1. The first kappa shape index (κ1) is 30.1. The van der Waals surface area contributed by atoms with E-state index in [0.29, 0.717) is 43.5 Å². The zero-order chi connectivity index (χ0) is 30.9. The average Bonchev–Trinajstić information content (AvgIpc) is 3.13. The summed E-state index contributed by atoms with van der Waals surface area (Å²) < 4.78 is 53.7. The maximum absolute atomic E-state index is 14.7. The highest BCUT2D eigenvalue weighted by molar-refractivity contribution is 7.90. The number of sulfone groups is 1. The summed E-state index contributed by atoms with van der Waals surface area (Å²) in [5.41, 5.74) is -0.920. The maximum atomic E-state index is 14.7. The second kappa shape index (κ2) is 12.1. The third-order valence-electron chi connectivity index (χ3n) is 7.87. The van der Waals surface area contributed by atoms with Crippen LogP contribution in [0.2, 0.25) is 0 Å². The van der Waals surface area contributed by atoms with Crippen molar-refractivity contribution in [2.75, 3.05) is 37.0 Å². The Kier molecular flexibility index (Phi) is 8.49. The SMILES string of the molecule is CS(=O)(=O)CCn1c(=O)c(-c2cccc(F)c2F)cn(CC(=O)N2CCC(N3CCc4ccccc4NC3=O)CC2)c1=O. The number of nitrogens with zero attached hydrogens (tertiary/aromatic N) is 4. The van der Waals surface area contributed by atoms with Crippen LogP contribution in [0, 0.1) is 11.6 Å². The van der Waals surface area contributed by atoms with E-state index in [0.717, 1.165) is 40.4 Å². The van der Waals surface area contributed by atoms with Crippen LogP contribution in [0.25, 0.3) is 11.1 Å². The highest BCUT2D eigenvalue weighted by atomic mass is 32.2.